The van der Waals surface area contributed by atoms with Crippen LogP contribution in [0.5, 0.6) is 0 Å². The molecule has 0 saturated heterocycles. The zero-order valence-electron chi connectivity index (χ0n) is 10.8. The first kappa shape index (κ1) is 12.9. The first-order valence-corrected chi connectivity index (χ1v) is 6.64. The third-order valence-corrected chi connectivity index (χ3v) is 3.38. The number of rotatable bonds is 2. The maximum Gasteiger partial charge on any atom is 0.151 e. The monoisotopic (exact) mass is 285 g/mol. The Balaban J connectivity index is 1.93. The smallest absolute Gasteiger partial charge is 0.151 e. The van der Waals surface area contributed by atoms with Gasteiger partial charge in [-0.25, -0.2) is 0 Å². The van der Waals surface area contributed by atoms with Crippen LogP contribution in [-0.2, 0) is 0 Å². The fourth-order valence-corrected chi connectivity index (χ4v) is 2.32. The molecular weight excluding hydrogens is 274 g/mol. The van der Waals surface area contributed by atoms with Crippen molar-refractivity contribution in [2.45, 2.75) is 19.1 Å². The Morgan fingerprint density at radius 1 is 1.20 bits per heavy atom. The molecule has 100 valence electrons. The second kappa shape index (κ2) is 5.12. The van der Waals surface area contributed by atoms with Gasteiger partial charge in [-0.1, -0.05) is 11.6 Å². The lowest BCUT2D eigenvalue weighted by Gasteiger charge is -2.03. The summed E-state index contributed by atoms with van der Waals surface area (Å²) < 4.78 is 5.81. The average Bonchev–Trinajstić information content (AvgIpc) is 3.05. The third-order valence-electron chi connectivity index (χ3n) is 3.13. The lowest BCUT2D eigenvalue weighted by atomic mass is 10.1. The van der Waals surface area contributed by atoms with Crippen LogP contribution < -0.4 is 5.32 Å². The summed E-state index contributed by atoms with van der Waals surface area (Å²) in [6.45, 7) is 1.90. The van der Waals surface area contributed by atoms with Gasteiger partial charge in [0, 0.05) is 10.6 Å². The van der Waals surface area contributed by atoms with Crippen molar-refractivity contribution in [3.05, 3.63) is 47.2 Å². The summed E-state index contributed by atoms with van der Waals surface area (Å²) in [5.41, 5.74) is 1.59. The van der Waals surface area contributed by atoms with E-state index in [1.54, 1.807) is 0 Å². The third kappa shape index (κ3) is 2.34. The van der Waals surface area contributed by atoms with Crippen LogP contribution in [0.2, 0.25) is 5.02 Å². The molecule has 1 aromatic carbocycles. The lowest BCUT2D eigenvalue weighted by Crippen LogP contribution is -2.32. The Labute approximate surface area is 121 Å². The number of halogens is 1. The minimum Gasteiger partial charge on any atom is -0.455 e. The molecule has 0 saturated carbocycles. The Hall–Kier alpha value is -2.09. The van der Waals surface area contributed by atoms with Crippen molar-refractivity contribution in [2.24, 2.45) is 4.99 Å². The quantitative estimate of drug-likeness (QED) is 0.921. The molecule has 2 aromatic rings. The average molecular weight is 286 g/mol. The predicted octanol–water partition coefficient (Wildman–Crippen LogP) is 3.23. The summed E-state index contributed by atoms with van der Waals surface area (Å²) in [5.74, 6) is 1.36. The number of hydrogen-bond donors (Lipinski definition) is 1. The first-order chi connectivity index (χ1) is 9.67. The molecule has 1 aliphatic rings. The van der Waals surface area contributed by atoms with Crippen LogP contribution in [-0.4, -0.2) is 17.9 Å². The number of hydrogen-bond acceptors (Lipinski definition) is 4. The van der Waals surface area contributed by atoms with E-state index in [0.717, 1.165) is 11.3 Å². The van der Waals surface area contributed by atoms with E-state index in [2.05, 4.69) is 16.4 Å². The highest BCUT2D eigenvalue weighted by atomic mass is 35.5. The molecule has 4 nitrogen and oxygen atoms in total. The van der Waals surface area contributed by atoms with E-state index in [1.165, 1.54) is 0 Å². The molecule has 0 amide bonds. The number of nitrogens with one attached hydrogen (secondary N) is 1. The van der Waals surface area contributed by atoms with Crippen molar-refractivity contribution in [1.82, 2.24) is 5.32 Å². The van der Waals surface area contributed by atoms with E-state index in [1.807, 2.05) is 43.3 Å². The molecule has 1 aliphatic heterocycles. The van der Waals surface area contributed by atoms with E-state index in [9.17, 15) is 0 Å². The maximum absolute atomic E-state index is 9.12. The van der Waals surface area contributed by atoms with Crippen molar-refractivity contribution in [3.8, 4) is 17.4 Å². The normalized spacial score (nSPS) is 21.6. The molecule has 1 N–H and O–H groups in total. The van der Waals surface area contributed by atoms with Gasteiger partial charge in [0.25, 0.3) is 0 Å². The molecule has 0 radical (unpaired) electrons. The molecule has 0 fully saturated rings. The molecule has 2 atom stereocenters. The van der Waals surface area contributed by atoms with Gasteiger partial charge in [0.1, 0.15) is 17.5 Å². The second-order valence-corrected chi connectivity index (χ2v) is 5.03. The Bertz CT molecular complexity index is 697. The van der Waals surface area contributed by atoms with Gasteiger partial charge in [0.05, 0.1) is 12.2 Å². The van der Waals surface area contributed by atoms with Gasteiger partial charge < -0.3 is 4.42 Å². The Morgan fingerprint density at radius 2 is 1.90 bits per heavy atom. The molecule has 3 rings (SSSR count). The SMILES string of the molecule is CC1N=C(c2ccc(-c3ccc(Cl)cc3)o2)C(C#N)N1. The van der Waals surface area contributed by atoms with Gasteiger partial charge >= 0.3 is 0 Å². The highest BCUT2D eigenvalue weighted by Crippen LogP contribution is 2.25. The highest BCUT2D eigenvalue weighted by Gasteiger charge is 2.28. The summed E-state index contributed by atoms with van der Waals surface area (Å²) in [4.78, 5) is 4.40. The summed E-state index contributed by atoms with van der Waals surface area (Å²) in [7, 11) is 0. The van der Waals surface area contributed by atoms with Crippen molar-refractivity contribution in [3.63, 3.8) is 0 Å². The summed E-state index contributed by atoms with van der Waals surface area (Å²) in [6, 6.07) is 12.9. The van der Waals surface area contributed by atoms with Gasteiger partial charge in [-0.05, 0) is 43.3 Å². The van der Waals surface area contributed by atoms with Crippen LogP contribution in [0.25, 0.3) is 11.3 Å². The van der Waals surface area contributed by atoms with E-state index in [-0.39, 0.29) is 6.17 Å². The van der Waals surface area contributed by atoms with E-state index < -0.39 is 6.04 Å². The first-order valence-electron chi connectivity index (χ1n) is 6.27. The van der Waals surface area contributed by atoms with Crippen LogP contribution in [0.3, 0.4) is 0 Å². The van der Waals surface area contributed by atoms with E-state index in [4.69, 9.17) is 21.3 Å². The van der Waals surface area contributed by atoms with Crippen LogP contribution in [0.4, 0.5) is 0 Å². The zero-order chi connectivity index (χ0) is 14.1. The minimum atomic E-state index is -0.422. The lowest BCUT2D eigenvalue weighted by molar-refractivity contribution is 0.569. The highest BCUT2D eigenvalue weighted by molar-refractivity contribution is 6.30. The second-order valence-electron chi connectivity index (χ2n) is 4.59. The van der Waals surface area contributed by atoms with E-state index in [0.29, 0.717) is 16.5 Å². The molecule has 0 bridgehead atoms. The van der Waals surface area contributed by atoms with Crippen molar-refractivity contribution in [1.29, 1.82) is 5.26 Å². The van der Waals surface area contributed by atoms with Crippen LogP contribution >= 0.6 is 11.6 Å². The predicted molar refractivity (Wildman–Crippen MR) is 77.7 cm³/mol. The molecule has 2 unspecified atom stereocenters. The summed E-state index contributed by atoms with van der Waals surface area (Å²) in [5, 5.41) is 12.9. The molecule has 5 heteroatoms. The largest absolute Gasteiger partial charge is 0.455 e. The van der Waals surface area contributed by atoms with Crippen molar-refractivity contribution < 1.29 is 4.42 Å². The van der Waals surface area contributed by atoms with Gasteiger partial charge in [-0.3, -0.25) is 10.3 Å². The molecule has 20 heavy (non-hydrogen) atoms. The topological polar surface area (TPSA) is 61.3 Å². The zero-order valence-corrected chi connectivity index (χ0v) is 11.6. The summed E-state index contributed by atoms with van der Waals surface area (Å²) >= 11 is 5.87. The van der Waals surface area contributed by atoms with Crippen LogP contribution in [0.15, 0.2) is 45.8 Å². The fourth-order valence-electron chi connectivity index (χ4n) is 2.19. The molecule has 0 aliphatic carbocycles. The van der Waals surface area contributed by atoms with Crippen molar-refractivity contribution in [2.75, 3.05) is 0 Å². The standard InChI is InChI=1S/C15H12ClN3O/c1-9-18-12(8-17)15(19-9)14-7-6-13(20-14)10-2-4-11(16)5-3-10/h2-7,9,12,18H,1H3. The number of aliphatic imine (C=N–C) groups is 1. The Morgan fingerprint density at radius 3 is 2.60 bits per heavy atom. The van der Waals surface area contributed by atoms with Gasteiger partial charge in [-0.2, -0.15) is 5.26 Å². The summed E-state index contributed by atoms with van der Waals surface area (Å²) in [6.07, 6.45) is -0.0706. The maximum atomic E-state index is 9.12. The molecule has 0 spiro atoms. The fraction of sp³-hybridized carbons (Fsp3) is 0.200. The molecular formula is C15H12ClN3O. The van der Waals surface area contributed by atoms with Gasteiger partial charge in [0.15, 0.2) is 5.76 Å². The van der Waals surface area contributed by atoms with Gasteiger partial charge in [0.2, 0.25) is 0 Å². The van der Waals surface area contributed by atoms with E-state index >= 15 is 0 Å². The van der Waals surface area contributed by atoms with Crippen molar-refractivity contribution >= 4 is 17.3 Å². The number of nitriles is 1. The minimum absolute atomic E-state index is 0.0706. The number of benzene rings is 1. The molecule has 1 aromatic heterocycles. The Kier molecular flexibility index (Phi) is 3.31. The van der Waals surface area contributed by atoms with Crippen LogP contribution in [0, 0.1) is 11.3 Å². The molecule has 2 heterocycles. The van der Waals surface area contributed by atoms with Gasteiger partial charge in [-0.15, -0.1) is 0 Å². The van der Waals surface area contributed by atoms with Crippen LogP contribution in [0.1, 0.15) is 12.7 Å². The number of furan rings is 1. The number of nitrogens with zero attached hydrogens (tertiary/aromatic N) is 2.